The minimum Gasteiger partial charge on any atom is -0.463 e. The van der Waals surface area contributed by atoms with Crippen LogP contribution in [-0.2, 0) is 55.8 Å². The molecule has 0 radical (unpaired) electrons. The number of hydrogen-bond donors (Lipinski definition) is 4. The Balaban J connectivity index is 4.63. The fraction of sp³-hybridized carbons (Fsp3) is 0.615. The molecular weight excluding hydrogens is 1410 g/mol. The fourth-order valence-corrected chi connectivity index (χ4v) is 12.2. The van der Waals surface area contributed by atoms with Crippen LogP contribution in [0.4, 0.5) is 0 Å². The molecule has 0 fully saturated rings. The fourth-order valence-electron chi connectivity index (χ4n) is 10.6. The molecule has 16 nitrogen and oxygen atoms in total. The number of phosphoric acid groups is 2. The molecule has 5 atom stereocenters. The van der Waals surface area contributed by atoms with Crippen LogP contribution >= 0.6 is 15.6 Å². The molecule has 0 amide bonds. The predicted octanol–water partition coefficient (Wildman–Crippen LogP) is 25.1. The van der Waals surface area contributed by atoms with E-state index in [0.29, 0.717) is 19.3 Å². The van der Waals surface area contributed by atoms with Gasteiger partial charge in [-0.2, -0.15) is 0 Å². The Morgan fingerprint density at radius 1 is 0.257 bits per heavy atom. The first kappa shape index (κ1) is 103. The molecule has 0 spiro atoms. The lowest BCUT2D eigenvalue weighted by molar-refractivity contribution is -0.161. The van der Waals surface area contributed by atoms with E-state index in [-0.39, 0.29) is 19.3 Å². The average molecular weight is 1560 g/mol. The summed E-state index contributed by atoms with van der Waals surface area (Å²) in [7, 11) is -9.83. The summed E-state index contributed by atoms with van der Waals surface area (Å²) in [6, 6.07) is 0. The number of allylic oxidation sites excluding steroid dienone is 32. The van der Waals surface area contributed by atoms with E-state index in [1.165, 1.54) is 51.4 Å². The third-order valence-electron chi connectivity index (χ3n) is 16.8. The van der Waals surface area contributed by atoms with Crippen molar-refractivity contribution in [3.05, 3.63) is 194 Å². The molecule has 0 aromatic rings. The lowest BCUT2D eigenvalue weighted by Crippen LogP contribution is -2.30. The third-order valence-corrected chi connectivity index (χ3v) is 18.7. The normalized spacial score (nSPS) is 14.9. The van der Waals surface area contributed by atoms with Crippen molar-refractivity contribution >= 4 is 33.6 Å². The molecule has 5 unspecified atom stereocenters. The number of esters is 3. The van der Waals surface area contributed by atoms with Crippen LogP contribution in [0.25, 0.3) is 0 Å². The third kappa shape index (κ3) is 83.2. The molecule has 0 bridgehead atoms. The molecule has 0 saturated carbocycles. The Bertz CT molecular complexity index is 2760. The summed E-state index contributed by atoms with van der Waals surface area (Å²) in [5.74, 6) is -1.64. The summed E-state index contributed by atoms with van der Waals surface area (Å²) in [5, 5.41) is 20.7. The smallest absolute Gasteiger partial charge is 0.463 e. The van der Waals surface area contributed by atoms with Crippen molar-refractivity contribution in [3.63, 3.8) is 0 Å². The first-order valence-corrected chi connectivity index (χ1v) is 44.7. The van der Waals surface area contributed by atoms with E-state index >= 15 is 0 Å². The van der Waals surface area contributed by atoms with E-state index in [1.54, 1.807) is 0 Å². The molecule has 618 valence electrons. The van der Waals surface area contributed by atoms with E-state index < -0.39 is 91.5 Å². The van der Waals surface area contributed by atoms with Gasteiger partial charge in [0.25, 0.3) is 0 Å². The van der Waals surface area contributed by atoms with Crippen molar-refractivity contribution in [2.75, 3.05) is 39.6 Å². The summed E-state index contributed by atoms with van der Waals surface area (Å²) in [5.41, 5.74) is 0. The molecule has 0 rings (SSSR count). The average Bonchev–Trinajstić information content (AvgIpc) is 0.902. The monoisotopic (exact) mass is 1560 g/mol. The maximum absolute atomic E-state index is 13.0. The maximum atomic E-state index is 13.0. The van der Waals surface area contributed by atoms with Crippen molar-refractivity contribution in [3.8, 4) is 0 Å². The molecular formula is C91H148O16P2. The second kappa shape index (κ2) is 81.9. The van der Waals surface area contributed by atoms with Crippen LogP contribution in [0.5, 0.6) is 0 Å². The maximum Gasteiger partial charge on any atom is 0.472 e. The molecule has 4 N–H and O–H groups in total. The lowest BCUT2D eigenvalue weighted by Gasteiger charge is -2.21. The van der Waals surface area contributed by atoms with Gasteiger partial charge in [-0.05, 0) is 161 Å². The van der Waals surface area contributed by atoms with Gasteiger partial charge >= 0.3 is 33.6 Å². The Labute approximate surface area is 661 Å². The van der Waals surface area contributed by atoms with Gasteiger partial charge in [0.05, 0.1) is 26.4 Å². The summed E-state index contributed by atoms with van der Waals surface area (Å²) in [4.78, 5) is 58.8. The molecule has 109 heavy (non-hydrogen) atoms. The van der Waals surface area contributed by atoms with Crippen molar-refractivity contribution in [1.29, 1.82) is 0 Å². The first-order chi connectivity index (χ1) is 53.2. The molecule has 0 heterocycles. The second-order valence-corrected chi connectivity index (χ2v) is 30.0. The second-order valence-electron chi connectivity index (χ2n) is 27.1. The van der Waals surface area contributed by atoms with Crippen LogP contribution in [0.1, 0.15) is 303 Å². The molecule has 0 aliphatic rings. The number of carbonyl (C=O) groups excluding carboxylic acids is 3. The number of ether oxygens (including phenoxy) is 3. The van der Waals surface area contributed by atoms with Gasteiger partial charge in [0.2, 0.25) is 0 Å². The Morgan fingerprint density at radius 2 is 0.459 bits per heavy atom. The van der Waals surface area contributed by atoms with E-state index in [4.69, 9.17) is 32.3 Å². The van der Waals surface area contributed by atoms with Gasteiger partial charge in [-0.1, -0.05) is 318 Å². The van der Waals surface area contributed by atoms with Gasteiger partial charge in [0.15, 0.2) is 6.10 Å². The highest BCUT2D eigenvalue weighted by Gasteiger charge is 2.29. The van der Waals surface area contributed by atoms with Crippen LogP contribution < -0.4 is 0 Å². The molecule has 18 heteroatoms. The highest BCUT2D eigenvalue weighted by atomic mass is 31.2. The number of aliphatic hydroxyl groups is 2. The first-order valence-electron chi connectivity index (χ1n) is 41.7. The van der Waals surface area contributed by atoms with Crippen molar-refractivity contribution in [1.82, 2.24) is 0 Å². The molecule has 0 aromatic heterocycles. The number of hydrogen-bond acceptors (Lipinski definition) is 14. The standard InChI is InChI=1S/C91H148O16P2/c1-4-7-10-13-16-19-22-25-28-31-34-36-38-39-40-41-42-43-44-45-47-49-51-53-56-59-62-65-68-71-74-77-89(94)101-80-86(92)81-103-108(97,98)104-82-87(93)83-105-109(99,100)106-85-88(107-91(96)79-76-73-70-67-64-61-58-55-50-33-30-27-24-21-18-15-12-9-6-3)84-102-90(95)78-75-72-69-66-63-60-57-54-52-48-46-37-35-32-29-26-23-20-17-14-11-8-5-2/h7-12,16-21,25-30,34-37,39-40,42-43,48,50,52,55,61,64,86-88,92-93H,4-6,13-15,22-24,31-33,38,41,44-47,49,51,53-54,56-60,62-63,65-85H2,1-3H3,(H,97,98)(H,99,100)/b10-7-,11-8-,12-9-,19-16-,20-17-,21-18-,28-25-,29-26-,30-27-,36-34-,37-35-,40-39-,43-42-,52-48-,55-50-,64-61-. The topological polar surface area (TPSA) is 231 Å². The predicted molar refractivity (Wildman–Crippen MR) is 454 cm³/mol. The number of carbonyl (C=O) groups is 3. The molecule has 0 saturated heterocycles. The number of rotatable bonds is 77. The zero-order valence-electron chi connectivity index (χ0n) is 67.6. The summed E-state index contributed by atoms with van der Waals surface area (Å²) in [6.07, 6.45) is 108. The number of unbranched alkanes of at least 4 members (excludes halogenated alkanes) is 22. The van der Waals surface area contributed by atoms with Gasteiger partial charge in [0, 0.05) is 19.3 Å². The van der Waals surface area contributed by atoms with E-state index in [0.717, 1.165) is 193 Å². The highest BCUT2D eigenvalue weighted by molar-refractivity contribution is 7.47. The van der Waals surface area contributed by atoms with Crippen molar-refractivity contribution in [2.45, 2.75) is 322 Å². The van der Waals surface area contributed by atoms with Gasteiger partial charge in [-0.15, -0.1) is 0 Å². The van der Waals surface area contributed by atoms with Crippen LogP contribution in [0, 0.1) is 0 Å². The highest BCUT2D eigenvalue weighted by Crippen LogP contribution is 2.45. The Morgan fingerprint density at radius 3 is 0.734 bits per heavy atom. The SMILES string of the molecule is CC/C=C\C/C=C\C/C=C\C/C=C\C/C=C\C/C=C\CCCCCCCCCCCCCCC(=O)OCC(O)COP(=O)(O)OCC(O)COP(=O)(O)OCC(COC(=O)CCCCCCCCC/C=C\C/C=C\C/C=C\C/C=C\C/C=C\CC)OC(=O)CCCCC/C=C\C/C=C\C/C=C\C/C=C\C/C=C\CC. The molecule has 0 aromatic carbocycles. The molecule has 0 aliphatic heterocycles. The minimum atomic E-state index is -4.96. The van der Waals surface area contributed by atoms with E-state index in [1.807, 2.05) is 0 Å². The van der Waals surface area contributed by atoms with Crippen LogP contribution in [0.3, 0.4) is 0 Å². The minimum absolute atomic E-state index is 0.0556. The van der Waals surface area contributed by atoms with Crippen LogP contribution in [-0.4, -0.2) is 95.9 Å². The van der Waals surface area contributed by atoms with Gasteiger partial charge < -0.3 is 34.2 Å². The van der Waals surface area contributed by atoms with Gasteiger partial charge in [-0.25, -0.2) is 9.13 Å². The summed E-state index contributed by atoms with van der Waals surface area (Å²) in [6.45, 7) is 2.28. The Kier molecular flexibility index (Phi) is 77.7. The Hall–Kier alpha value is -5.61. The number of aliphatic hydroxyl groups excluding tert-OH is 2. The van der Waals surface area contributed by atoms with Gasteiger partial charge in [-0.3, -0.25) is 32.5 Å². The quantitative estimate of drug-likeness (QED) is 0.0146. The lowest BCUT2D eigenvalue weighted by atomic mass is 10.0. The zero-order chi connectivity index (χ0) is 79.4. The zero-order valence-corrected chi connectivity index (χ0v) is 69.4. The van der Waals surface area contributed by atoms with E-state index in [9.17, 15) is 43.5 Å². The summed E-state index contributed by atoms with van der Waals surface area (Å²) >= 11 is 0. The van der Waals surface area contributed by atoms with Crippen LogP contribution in [0.2, 0.25) is 0 Å². The number of phosphoric ester groups is 2. The van der Waals surface area contributed by atoms with Crippen molar-refractivity contribution < 1.29 is 75.8 Å². The van der Waals surface area contributed by atoms with E-state index in [2.05, 4.69) is 215 Å². The van der Waals surface area contributed by atoms with Gasteiger partial charge in [0.1, 0.15) is 25.4 Å². The van der Waals surface area contributed by atoms with Crippen LogP contribution in [0.15, 0.2) is 194 Å². The summed E-state index contributed by atoms with van der Waals surface area (Å²) < 4.78 is 61.2. The largest absolute Gasteiger partial charge is 0.472 e. The molecule has 0 aliphatic carbocycles. The van der Waals surface area contributed by atoms with Crippen molar-refractivity contribution in [2.24, 2.45) is 0 Å².